The van der Waals surface area contributed by atoms with Crippen LogP contribution in [0.25, 0.3) is 0 Å². The number of carbonyl (C=O) groups excluding carboxylic acids is 1. The van der Waals surface area contributed by atoms with Gasteiger partial charge in [0.2, 0.25) is 5.91 Å². The number of nitrogens with one attached hydrogen (secondary N) is 1. The topological polar surface area (TPSA) is 64.3 Å². The number of nitrogens with two attached hydrogens (primary N) is 1. The molecule has 0 radical (unpaired) electrons. The monoisotopic (exact) mass is 328 g/mol. The largest absolute Gasteiger partial charge is 0.491 e. The van der Waals surface area contributed by atoms with E-state index in [2.05, 4.69) is 12.2 Å². The number of hydrogen-bond donors (Lipinski definition) is 2. The third kappa shape index (κ3) is 5.18. The summed E-state index contributed by atoms with van der Waals surface area (Å²) in [5.41, 5.74) is 6.09. The summed E-state index contributed by atoms with van der Waals surface area (Å²) < 4.78 is 5.72. The Balaban J connectivity index is 0.00000441. The maximum Gasteiger partial charge on any atom is 0.231 e. The summed E-state index contributed by atoms with van der Waals surface area (Å²) in [5, 5.41) is 2.96. The standard InChI is InChI=1S/C17H28N2O2.ClH/c1-5-13(4)21-15-10-8-14(9-11-15)19-16(20)17(6-2,7-3)12-18;/h8-11,13H,5-7,12,18H2,1-4H3,(H,19,20);1H. The molecule has 0 heterocycles. The lowest BCUT2D eigenvalue weighted by molar-refractivity contribution is -0.125. The Kier molecular flexibility index (Phi) is 9.14. The van der Waals surface area contributed by atoms with E-state index < -0.39 is 5.41 Å². The van der Waals surface area contributed by atoms with Crippen molar-refractivity contribution in [2.45, 2.75) is 53.1 Å². The molecule has 1 aromatic carbocycles. The minimum absolute atomic E-state index is 0. The molecule has 0 bridgehead atoms. The van der Waals surface area contributed by atoms with Gasteiger partial charge in [-0.3, -0.25) is 4.79 Å². The number of hydrogen-bond acceptors (Lipinski definition) is 3. The number of amides is 1. The van der Waals surface area contributed by atoms with Gasteiger partial charge in [-0.05, 0) is 50.5 Å². The van der Waals surface area contributed by atoms with E-state index in [4.69, 9.17) is 10.5 Å². The number of anilines is 1. The molecule has 0 spiro atoms. The molecule has 0 aliphatic heterocycles. The third-order valence-electron chi connectivity index (χ3n) is 4.25. The Hall–Kier alpha value is -1.26. The molecule has 22 heavy (non-hydrogen) atoms. The van der Waals surface area contributed by atoms with Gasteiger partial charge >= 0.3 is 0 Å². The van der Waals surface area contributed by atoms with Crippen LogP contribution in [0.1, 0.15) is 47.0 Å². The van der Waals surface area contributed by atoms with Crippen molar-refractivity contribution in [3.8, 4) is 5.75 Å². The highest BCUT2D eigenvalue weighted by Gasteiger charge is 2.33. The molecule has 1 rings (SSSR count). The molecule has 1 atom stereocenters. The number of carbonyl (C=O) groups is 1. The molecular weight excluding hydrogens is 300 g/mol. The molecule has 1 amide bonds. The van der Waals surface area contributed by atoms with Crippen LogP contribution in [0.2, 0.25) is 0 Å². The molecular formula is C17H29ClN2O2. The normalized spacial score (nSPS) is 12.2. The summed E-state index contributed by atoms with van der Waals surface area (Å²) in [5.74, 6) is 0.809. The van der Waals surface area contributed by atoms with Crippen molar-refractivity contribution in [1.29, 1.82) is 0 Å². The molecule has 0 saturated carbocycles. The van der Waals surface area contributed by atoms with Crippen molar-refractivity contribution in [3.05, 3.63) is 24.3 Å². The molecule has 0 aliphatic carbocycles. The zero-order valence-corrected chi connectivity index (χ0v) is 14.8. The van der Waals surface area contributed by atoms with Crippen molar-refractivity contribution in [2.75, 3.05) is 11.9 Å². The number of ether oxygens (including phenoxy) is 1. The molecule has 5 heteroatoms. The second-order valence-corrected chi connectivity index (χ2v) is 5.51. The predicted octanol–water partition coefficient (Wildman–Crippen LogP) is 3.99. The van der Waals surface area contributed by atoms with Crippen LogP contribution >= 0.6 is 12.4 Å². The van der Waals surface area contributed by atoms with Gasteiger partial charge in [0, 0.05) is 12.2 Å². The lowest BCUT2D eigenvalue weighted by Crippen LogP contribution is -2.41. The molecule has 0 saturated heterocycles. The smallest absolute Gasteiger partial charge is 0.231 e. The second kappa shape index (κ2) is 9.70. The average Bonchev–Trinajstić information content (AvgIpc) is 2.51. The summed E-state index contributed by atoms with van der Waals surface area (Å²) >= 11 is 0. The van der Waals surface area contributed by atoms with E-state index in [9.17, 15) is 4.79 Å². The van der Waals surface area contributed by atoms with E-state index in [0.717, 1.165) is 30.7 Å². The van der Waals surface area contributed by atoms with Gasteiger partial charge in [0.25, 0.3) is 0 Å². The van der Waals surface area contributed by atoms with Crippen LogP contribution in [0.4, 0.5) is 5.69 Å². The van der Waals surface area contributed by atoms with Crippen molar-refractivity contribution < 1.29 is 9.53 Å². The van der Waals surface area contributed by atoms with E-state index in [0.29, 0.717) is 6.54 Å². The molecule has 4 nitrogen and oxygen atoms in total. The molecule has 1 unspecified atom stereocenters. The summed E-state index contributed by atoms with van der Waals surface area (Å²) in [6.45, 7) is 8.48. The fourth-order valence-corrected chi connectivity index (χ4v) is 2.15. The first-order valence-corrected chi connectivity index (χ1v) is 7.79. The van der Waals surface area contributed by atoms with Gasteiger partial charge in [0.1, 0.15) is 5.75 Å². The first kappa shape index (κ1) is 20.7. The maximum absolute atomic E-state index is 12.4. The van der Waals surface area contributed by atoms with Crippen molar-refractivity contribution >= 4 is 24.0 Å². The molecule has 0 fully saturated rings. The van der Waals surface area contributed by atoms with Crippen molar-refractivity contribution in [2.24, 2.45) is 11.1 Å². The second-order valence-electron chi connectivity index (χ2n) is 5.51. The van der Waals surface area contributed by atoms with Crippen LogP contribution in [0.3, 0.4) is 0 Å². The van der Waals surface area contributed by atoms with Crippen LogP contribution in [0.15, 0.2) is 24.3 Å². The number of halogens is 1. The van der Waals surface area contributed by atoms with E-state index in [1.165, 1.54) is 0 Å². The van der Waals surface area contributed by atoms with Gasteiger partial charge in [0.05, 0.1) is 11.5 Å². The Bertz CT molecular complexity index is 436. The molecule has 1 aromatic rings. The summed E-state index contributed by atoms with van der Waals surface area (Å²) in [4.78, 5) is 12.4. The zero-order valence-electron chi connectivity index (χ0n) is 14.0. The lowest BCUT2D eigenvalue weighted by atomic mass is 9.81. The summed E-state index contributed by atoms with van der Waals surface area (Å²) in [7, 11) is 0. The minimum atomic E-state index is -0.480. The average molecular weight is 329 g/mol. The van der Waals surface area contributed by atoms with Gasteiger partial charge in [0.15, 0.2) is 0 Å². The quantitative estimate of drug-likeness (QED) is 0.758. The van der Waals surface area contributed by atoms with Crippen LogP contribution in [0, 0.1) is 5.41 Å². The summed E-state index contributed by atoms with van der Waals surface area (Å²) in [6.07, 6.45) is 2.63. The molecule has 126 valence electrons. The highest BCUT2D eigenvalue weighted by Crippen LogP contribution is 2.27. The van der Waals surface area contributed by atoms with Gasteiger partial charge in [-0.2, -0.15) is 0 Å². The third-order valence-corrected chi connectivity index (χ3v) is 4.25. The highest BCUT2D eigenvalue weighted by molar-refractivity contribution is 5.95. The van der Waals surface area contributed by atoms with Crippen LogP contribution in [-0.2, 0) is 4.79 Å². The molecule has 3 N–H and O–H groups in total. The zero-order chi connectivity index (χ0) is 15.9. The summed E-state index contributed by atoms with van der Waals surface area (Å²) in [6, 6.07) is 7.48. The maximum atomic E-state index is 12.4. The van der Waals surface area contributed by atoms with E-state index >= 15 is 0 Å². The molecule has 0 aliphatic rings. The Morgan fingerprint density at radius 1 is 1.23 bits per heavy atom. The van der Waals surface area contributed by atoms with Crippen LogP contribution < -0.4 is 15.8 Å². The van der Waals surface area contributed by atoms with Gasteiger partial charge in [-0.1, -0.05) is 20.8 Å². The van der Waals surface area contributed by atoms with Crippen molar-refractivity contribution in [1.82, 2.24) is 0 Å². The van der Waals surface area contributed by atoms with E-state index in [1.54, 1.807) is 0 Å². The van der Waals surface area contributed by atoms with E-state index in [-0.39, 0.29) is 24.4 Å². The van der Waals surface area contributed by atoms with Crippen molar-refractivity contribution in [3.63, 3.8) is 0 Å². The lowest BCUT2D eigenvalue weighted by Gasteiger charge is -2.28. The Morgan fingerprint density at radius 2 is 1.77 bits per heavy atom. The minimum Gasteiger partial charge on any atom is -0.491 e. The van der Waals surface area contributed by atoms with Gasteiger partial charge < -0.3 is 15.8 Å². The van der Waals surface area contributed by atoms with E-state index in [1.807, 2.05) is 45.0 Å². The molecule has 0 aromatic heterocycles. The van der Waals surface area contributed by atoms with Crippen LogP contribution in [0.5, 0.6) is 5.75 Å². The van der Waals surface area contributed by atoms with Crippen LogP contribution in [-0.4, -0.2) is 18.6 Å². The van der Waals surface area contributed by atoms with Gasteiger partial charge in [-0.25, -0.2) is 0 Å². The Morgan fingerprint density at radius 3 is 2.18 bits per heavy atom. The first-order chi connectivity index (χ1) is 10.0. The predicted molar refractivity (Wildman–Crippen MR) is 94.8 cm³/mol. The number of rotatable bonds is 8. The SMILES string of the molecule is CCC(C)Oc1ccc(NC(=O)C(CC)(CC)CN)cc1.Cl. The fraction of sp³-hybridized carbons (Fsp3) is 0.588. The highest BCUT2D eigenvalue weighted by atomic mass is 35.5. The fourth-order valence-electron chi connectivity index (χ4n) is 2.15. The van der Waals surface area contributed by atoms with Gasteiger partial charge in [-0.15, -0.1) is 12.4 Å². The Labute approximate surface area is 140 Å². The number of benzene rings is 1. The first-order valence-electron chi connectivity index (χ1n) is 7.79.